The van der Waals surface area contributed by atoms with Gasteiger partial charge in [0.25, 0.3) is 0 Å². The van der Waals surface area contributed by atoms with Gasteiger partial charge in [0.15, 0.2) is 0 Å². The molecule has 316 valence electrons. The van der Waals surface area contributed by atoms with Gasteiger partial charge in [-0.15, -0.1) is 0 Å². The molecule has 0 bridgehead atoms. The van der Waals surface area contributed by atoms with Crippen LogP contribution in [0, 0.1) is 0 Å². The summed E-state index contributed by atoms with van der Waals surface area (Å²) in [6.45, 7) is 0. The van der Waals surface area contributed by atoms with E-state index in [1.54, 1.807) is 11.1 Å². The normalized spacial score (nSPS) is 23.1. The summed E-state index contributed by atoms with van der Waals surface area (Å²) in [6.07, 6.45) is 44.4. The fourth-order valence-electron chi connectivity index (χ4n) is 12.9. The maximum absolute atomic E-state index is 6.98. The van der Waals surface area contributed by atoms with Crippen LogP contribution in [0.4, 0.5) is 11.4 Å². The van der Waals surface area contributed by atoms with Crippen molar-refractivity contribution in [1.82, 2.24) is 4.98 Å². The molecule has 6 fully saturated rings. The van der Waals surface area contributed by atoms with E-state index >= 15 is 0 Å². The summed E-state index contributed by atoms with van der Waals surface area (Å²) in [5, 5.41) is 0.711. The number of aliphatic imine (C=N–C) groups is 2. The van der Waals surface area contributed by atoms with Gasteiger partial charge in [0.1, 0.15) is 0 Å². The topological polar surface area (TPSA) is 37.6 Å². The first-order chi connectivity index (χ1) is 29.2. The van der Waals surface area contributed by atoms with Gasteiger partial charge in [-0.25, -0.2) is 4.98 Å². The number of benzene rings is 2. The number of halogens is 1. The fraction of sp³-hybridized carbons (Fsp3) is 0.655. The van der Waals surface area contributed by atoms with E-state index in [2.05, 4.69) is 36.7 Å². The molecule has 0 aliphatic heterocycles. The van der Waals surface area contributed by atoms with E-state index in [0.29, 0.717) is 40.5 Å². The lowest BCUT2D eigenvalue weighted by Crippen LogP contribution is -2.13. The molecular weight excluding hydrogens is 738 g/mol. The SMILES string of the molecule is Clc1cc(C=Nc2c(C3CCCCC3)cc(C3CCCCC3)cc2C2CCCCC2)nc(C=Nc2c(C3CCCCC3)cc(C3CCCCC3)cc2C2CCCCC2)c1. The summed E-state index contributed by atoms with van der Waals surface area (Å²) in [4.78, 5) is 16.3. The minimum atomic E-state index is 0.609. The largest absolute Gasteiger partial charge is 0.254 e. The highest BCUT2D eigenvalue weighted by Gasteiger charge is 2.30. The lowest BCUT2D eigenvalue weighted by molar-refractivity contribution is 0.428. The third-order valence-electron chi connectivity index (χ3n) is 16.2. The monoisotopic (exact) mass is 812 g/mol. The molecule has 59 heavy (non-hydrogen) atoms. The van der Waals surface area contributed by atoms with Crippen LogP contribution in [0.2, 0.25) is 5.02 Å². The second-order valence-corrected chi connectivity index (χ2v) is 20.7. The summed E-state index contributed by atoms with van der Waals surface area (Å²) in [7, 11) is 0. The molecule has 3 nitrogen and oxygen atoms in total. The van der Waals surface area contributed by atoms with Gasteiger partial charge >= 0.3 is 0 Å². The first-order valence-corrected chi connectivity index (χ1v) is 25.7. The van der Waals surface area contributed by atoms with Crippen LogP contribution in [0.1, 0.15) is 273 Å². The van der Waals surface area contributed by atoms with E-state index in [-0.39, 0.29) is 0 Å². The fourth-order valence-corrected chi connectivity index (χ4v) is 13.1. The van der Waals surface area contributed by atoms with Crippen LogP contribution in [0.25, 0.3) is 0 Å². The highest BCUT2D eigenvalue weighted by molar-refractivity contribution is 6.31. The number of hydrogen-bond acceptors (Lipinski definition) is 3. The van der Waals surface area contributed by atoms with Gasteiger partial charge in [-0.2, -0.15) is 0 Å². The summed E-state index contributed by atoms with van der Waals surface area (Å²) >= 11 is 6.98. The summed E-state index contributed by atoms with van der Waals surface area (Å²) in [6, 6.07) is 14.6. The van der Waals surface area contributed by atoms with Crippen LogP contribution in [0.5, 0.6) is 0 Å². The predicted octanol–water partition coefficient (Wildman–Crippen LogP) is 17.5. The Labute approximate surface area is 363 Å². The molecule has 6 aliphatic rings. The number of rotatable bonds is 10. The molecule has 0 spiro atoms. The number of aromatic nitrogens is 1. The molecular formula is C55H74ClN3. The van der Waals surface area contributed by atoms with Crippen LogP contribution in [0.15, 0.2) is 46.4 Å². The van der Waals surface area contributed by atoms with Gasteiger partial charge in [0, 0.05) is 5.02 Å². The van der Waals surface area contributed by atoms with E-state index in [1.807, 2.05) is 12.1 Å². The Balaban J connectivity index is 1.08. The maximum Gasteiger partial charge on any atom is 0.0835 e. The minimum Gasteiger partial charge on any atom is -0.254 e. The Morgan fingerprint density at radius 3 is 0.881 bits per heavy atom. The summed E-state index contributed by atoms with van der Waals surface area (Å²) < 4.78 is 0. The molecule has 4 heteroatoms. The zero-order valence-electron chi connectivity index (χ0n) is 36.5. The standard InChI is InChI=1S/C55H74ClN3/c56-47-35-48(37-57-54-50(41-23-11-3-12-24-41)31-45(39-19-7-1-8-20-39)32-51(54)42-25-13-4-14-26-42)59-49(36-47)38-58-55-52(43-27-15-5-16-28-43)33-46(40-21-9-2-10-22-40)34-53(55)44-29-17-6-18-30-44/h31-44H,1-30H2. The van der Waals surface area contributed by atoms with Crippen LogP contribution >= 0.6 is 11.6 Å². The second-order valence-electron chi connectivity index (χ2n) is 20.3. The molecule has 0 saturated heterocycles. The predicted molar refractivity (Wildman–Crippen MR) is 252 cm³/mol. The Bertz CT molecular complexity index is 1680. The Morgan fingerprint density at radius 1 is 0.356 bits per heavy atom. The van der Waals surface area contributed by atoms with Gasteiger partial charge < -0.3 is 0 Å². The van der Waals surface area contributed by atoms with Gasteiger partial charge in [-0.3, -0.25) is 9.98 Å². The number of nitrogens with zero attached hydrogens (tertiary/aromatic N) is 3. The lowest BCUT2D eigenvalue weighted by Gasteiger charge is -2.31. The highest BCUT2D eigenvalue weighted by atomic mass is 35.5. The van der Waals surface area contributed by atoms with Crippen molar-refractivity contribution in [3.05, 3.63) is 86.2 Å². The van der Waals surface area contributed by atoms with Crippen molar-refractivity contribution in [1.29, 1.82) is 0 Å². The maximum atomic E-state index is 6.98. The second kappa shape index (κ2) is 20.4. The molecule has 3 aromatic rings. The molecule has 1 heterocycles. The summed E-state index contributed by atoms with van der Waals surface area (Å²) in [5.74, 6) is 3.86. The van der Waals surface area contributed by atoms with Crippen molar-refractivity contribution >= 4 is 35.4 Å². The van der Waals surface area contributed by atoms with Crippen molar-refractivity contribution in [2.24, 2.45) is 9.98 Å². The Hall–Kier alpha value is -2.78. The van der Waals surface area contributed by atoms with Gasteiger partial charge in [0.05, 0.1) is 35.2 Å². The van der Waals surface area contributed by atoms with Gasteiger partial charge in [0.2, 0.25) is 0 Å². The Morgan fingerprint density at radius 2 is 0.610 bits per heavy atom. The van der Waals surface area contributed by atoms with E-state index < -0.39 is 0 Å². The Kier molecular flexibility index (Phi) is 14.4. The van der Waals surface area contributed by atoms with Crippen LogP contribution in [-0.2, 0) is 0 Å². The number of pyridine rings is 1. The first kappa shape index (κ1) is 41.6. The van der Waals surface area contributed by atoms with Crippen molar-refractivity contribution in [2.45, 2.75) is 228 Å². The minimum absolute atomic E-state index is 0.609. The zero-order chi connectivity index (χ0) is 39.8. The van der Waals surface area contributed by atoms with Crippen molar-refractivity contribution in [2.75, 3.05) is 0 Å². The third-order valence-corrected chi connectivity index (χ3v) is 16.4. The third kappa shape index (κ3) is 10.3. The molecule has 6 saturated carbocycles. The molecule has 0 atom stereocenters. The molecule has 6 aliphatic carbocycles. The summed E-state index contributed by atoms with van der Waals surface area (Å²) in [5.41, 5.74) is 13.6. The van der Waals surface area contributed by atoms with Crippen molar-refractivity contribution < 1.29 is 0 Å². The van der Waals surface area contributed by atoms with Crippen LogP contribution < -0.4 is 0 Å². The average molecular weight is 813 g/mol. The van der Waals surface area contributed by atoms with Crippen LogP contribution in [0.3, 0.4) is 0 Å². The van der Waals surface area contributed by atoms with E-state index in [1.165, 1.54) is 226 Å². The van der Waals surface area contributed by atoms with Crippen molar-refractivity contribution in [3.63, 3.8) is 0 Å². The lowest BCUT2D eigenvalue weighted by atomic mass is 9.75. The van der Waals surface area contributed by atoms with E-state index in [4.69, 9.17) is 26.6 Å². The molecule has 0 amide bonds. The van der Waals surface area contributed by atoms with E-state index in [0.717, 1.165) is 11.4 Å². The highest BCUT2D eigenvalue weighted by Crippen LogP contribution is 2.49. The van der Waals surface area contributed by atoms with E-state index in [9.17, 15) is 0 Å². The molecule has 0 radical (unpaired) electrons. The zero-order valence-corrected chi connectivity index (χ0v) is 37.3. The molecule has 0 N–H and O–H groups in total. The van der Waals surface area contributed by atoms with Crippen LogP contribution in [-0.4, -0.2) is 17.4 Å². The molecule has 1 aromatic heterocycles. The quantitative estimate of drug-likeness (QED) is 0.188. The molecule has 9 rings (SSSR count). The molecule has 0 unspecified atom stereocenters. The van der Waals surface area contributed by atoms with Gasteiger partial charge in [-0.1, -0.05) is 151 Å². The number of hydrogen-bond donors (Lipinski definition) is 0. The van der Waals surface area contributed by atoms with Gasteiger partial charge in [-0.05, 0) is 158 Å². The first-order valence-electron chi connectivity index (χ1n) is 25.3. The van der Waals surface area contributed by atoms with Crippen molar-refractivity contribution in [3.8, 4) is 0 Å². The average Bonchev–Trinajstić information content (AvgIpc) is 3.31. The molecule has 2 aromatic carbocycles. The smallest absolute Gasteiger partial charge is 0.0835 e.